The van der Waals surface area contributed by atoms with Gasteiger partial charge in [-0.3, -0.25) is 0 Å². The van der Waals surface area contributed by atoms with Gasteiger partial charge in [-0.25, -0.2) is 4.98 Å². The third-order valence-corrected chi connectivity index (χ3v) is 1.94. The quantitative estimate of drug-likeness (QED) is 0.598. The van der Waals surface area contributed by atoms with Crippen LogP contribution in [0.1, 0.15) is 0 Å². The van der Waals surface area contributed by atoms with Crippen molar-refractivity contribution >= 4 is 21.7 Å². The molecule has 5 heteroatoms. The zero-order chi connectivity index (χ0) is 10.2. The van der Waals surface area contributed by atoms with Crippen molar-refractivity contribution in [3.05, 3.63) is 22.8 Å². The third kappa shape index (κ3) is 4.55. The Balaban J connectivity index is 2.18. The molecule has 1 heterocycles. The highest BCUT2D eigenvalue weighted by Crippen LogP contribution is 2.09. The minimum absolute atomic E-state index is 0.0646. The van der Waals surface area contributed by atoms with E-state index in [1.54, 1.807) is 0 Å². The third-order valence-electron chi connectivity index (χ3n) is 1.50. The minimum atomic E-state index is 0.0646. The second-order valence-electron chi connectivity index (χ2n) is 2.61. The lowest BCUT2D eigenvalue weighted by molar-refractivity contribution is 0.0992. The van der Waals surface area contributed by atoms with Gasteiger partial charge >= 0.3 is 0 Å². The maximum atomic E-state index is 8.46. The molecule has 0 aromatic carbocycles. The molecule has 0 spiro atoms. The molecule has 1 aromatic rings. The molecule has 0 aliphatic rings. The van der Waals surface area contributed by atoms with Crippen molar-refractivity contribution in [2.24, 2.45) is 0 Å². The molecule has 14 heavy (non-hydrogen) atoms. The zero-order valence-corrected chi connectivity index (χ0v) is 9.33. The average molecular weight is 261 g/mol. The number of halogens is 1. The van der Waals surface area contributed by atoms with E-state index in [4.69, 9.17) is 9.84 Å². The van der Waals surface area contributed by atoms with Crippen LogP contribution >= 0.6 is 15.9 Å². The highest BCUT2D eigenvalue weighted by atomic mass is 79.9. The molecule has 78 valence electrons. The van der Waals surface area contributed by atoms with Crippen molar-refractivity contribution in [3.63, 3.8) is 0 Å². The molecule has 2 N–H and O–H groups in total. The van der Waals surface area contributed by atoms with Crippen molar-refractivity contribution in [2.75, 3.05) is 31.7 Å². The maximum Gasteiger partial charge on any atom is 0.127 e. The van der Waals surface area contributed by atoms with Crippen molar-refractivity contribution in [2.45, 2.75) is 0 Å². The van der Waals surface area contributed by atoms with Crippen molar-refractivity contribution in [3.8, 4) is 0 Å². The first-order chi connectivity index (χ1) is 6.83. The number of rotatable bonds is 6. The molecular weight excluding hydrogens is 248 g/mol. The SMILES string of the molecule is OCCOCCNc1cccc(Br)n1. The summed E-state index contributed by atoms with van der Waals surface area (Å²) in [5.41, 5.74) is 0. The number of ether oxygens (including phenoxy) is 1. The van der Waals surface area contributed by atoms with Crippen molar-refractivity contribution in [1.82, 2.24) is 4.98 Å². The van der Waals surface area contributed by atoms with Gasteiger partial charge in [0.05, 0.1) is 19.8 Å². The Morgan fingerprint density at radius 3 is 3.00 bits per heavy atom. The Bertz CT molecular complexity index is 271. The highest BCUT2D eigenvalue weighted by molar-refractivity contribution is 9.10. The molecule has 0 aliphatic carbocycles. The number of nitrogens with one attached hydrogen (secondary N) is 1. The average Bonchev–Trinajstić information content (AvgIpc) is 2.18. The lowest BCUT2D eigenvalue weighted by Crippen LogP contribution is -2.11. The van der Waals surface area contributed by atoms with E-state index in [1.165, 1.54) is 0 Å². The number of pyridine rings is 1. The van der Waals surface area contributed by atoms with Gasteiger partial charge < -0.3 is 15.2 Å². The number of anilines is 1. The van der Waals surface area contributed by atoms with Crippen LogP contribution in [0.25, 0.3) is 0 Å². The number of hydrogen-bond donors (Lipinski definition) is 2. The highest BCUT2D eigenvalue weighted by Gasteiger charge is 1.93. The van der Waals surface area contributed by atoms with E-state index in [9.17, 15) is 0 Å². The summed E-state index contributed by atoms with van der Waals surface area (Å²) in [6.45, 7) is 1.70. The van der Waals surface area contributed by atoms with E-state index >= 15 is 0 Å². The topological polar surface area (TPSA) is 54.4 Å². The van der Waals surface area contributed by atoms with Crippen LogP contribution in [0.15, 0.2) is 22.8 Å². The molecule has 0 unspecified atom stereocenters. The van der Waals surface area contributed by atoms with Crippen LogP contribution in [0.5, 0.6) is 0 Å². The molecule has 0 saturated carbocycles. The van der Waals surface area contributed by atoms with Crippen LogP contribution in [0.4, 0.5) is 5.82 Å². The lowest BCUT2D eigenvalue weighted by Gasteiger charge is -2.05. The standard InChI is InChI=1S/C9H13BrN2O2/c10-8-2-1-3-9(12-8)11-4-6-14-7-5-13/h1-3,13H,4-7H2,(H,11,12). The summed E-state index contributed by atoms with van der Waals surface area (Å²) in [7, 11) is 0. The summed E-state index contributed by atoms with van der Waals surface area (Å²) in [4.78, 5) is 4.19. The normalized spacial score (nSPS) is 10.1. The number of nitrogens with zero attached hydrogens (tertiary/aromatic N) is 1. The second-order valence-corrected chi connectivity index (χ2v) is 3.42. The molecule has 0 saturated heterocycles. The first-order valence-electron chi connectivity index (χ1n) is 4.38. The fourth-order valence-electron chi connectivity index (χ4n) is 0.925. The summed E-state index contributed by atoms with van der Waals surface area (Å²) in [6.07, 6.45) is 0. The zero-order valence-electron chi connectivity index (χ0n) is 7.74. The summed E-state index contributed by atoms with van der Waals surface area (Å²) in [5, 5.41) is 11.6. The maximum absolute atomic E-state index is 8.46. The Hall–Kier alpha value is -0.650. The molecule has 0 aliphatic heterocycles. The molecular formula is C9H13BrN2O2. The van der Waals surface area contributed by atoms with Gasteiger partial charge in [0, 0.05) is 6.54 Å². The predicted molar refractivity (Wildman–Crippen MR) is 58.3 cm³/mol. The molecule has 0 bridgehead atoms. The molecule has 0 atom stereocenters. The van der Waals surface area contributed by atoms with Crippen LogP contribution in [-0.2, 0) is 4.74 Å². The van der Waals surface area contributed by atoms with Crippen molar-refractivity contribution in [1.29, 1.82) is 0 Å². The van der Waals surface area contributed by atoms with Gasteiger partial charge in [-0.1, -0.05) is 6.07 Å². The van der Waals surface area contributed by atoms with Gasteiger partial charge in [0.2, 0.25) is 0 Å². The fraction of sp³-hybridized carbons (Fsp3) is 0.444. The van der Waals surface area contributed by atoms with Crippen LogP contribution in [0.3, 0.4) is 0 Å². The van der Waals surface area contributed by atoms with E-state index in [1.807, 2.05) is 18.2 Å². The van der Waals surface area contributed by atoms with Crippen LogP contribution in [0.2, 0.25) is 0 Å². The molecule has 0 amide bonds. The summed E-state index contributed by atoms with van der Waals surface area (Å²) in [5.74, 6) is 0.812. The Labute approximate surface area is 91.4 Å². The Kier molecular flexibility index (Phi) is 5.51. The van der Waals surface area contributed by atoms with Gasteiger partial charge in [-0.05, 0) is 28.1 Å². The first kappa shape index (κ1) is 11.4. The van der Waals surface area contributed by atoms with Crippen LogP contribution in [-0.4, -0.2) is 36.5 Å². The second kappa shape index (κ2) is 6.75. The Morgan fingerprint density at radius 1 is 1.43 bits per heavy atom. The van der Waals surface area contributed by atoms with E-state index < -0.39 is 0 Å². The summed E-state index contributed by atoms with van der Waals surface area (Å²) in [6, 6.07) is 5.66. The van der Waals surface area contributed by atoms with Gasteiger partial charge in [0.25, 0.3) is 0 Å². The van der Waals surface area contributed by atoms with Gasteiger partial charge in [0.1, 0.15) is 10.4 Å². The largest absolute Gasteiger partial charge is 0.394 e. The number of aromatic nitrogens is 1. The number of aliphatic hydroxyl groups is 1. The summed E-state index contributed by atoms with van der Waals surface area (Å²) >= 11 is 3.28. The molecule has 1 aromatic heterocycles. The smallest absolute Gasteiger partial charge is 0.127 e. The van der Waals surface area contributed by atoms with Crippen LogP contribution < -0.4 is 5.32 Å². The number of aliphatic hydroxyl groups excluding tert-OH is 1. The van der Waals surface area contributed by atoms with E-state index in [0.717, 1.165) is 10.4 Å². The number of hydrogen-bond acceptors (Lipinski definition) is 4. The fourth-order valence-corrected chi connectivity index (χ4v) is 1.27. The summed E-state index contributed by atoms with van der Waals surface area (Å²) < 4.78 is 5.89. The first-order valence-corrected chi connectivity index (χ1v) is 5.17. The monoisotopic (exact) mass is 260 g/mol. The van der Waals surface area contributed by atoms with Gasteiger partial charge in [-0.15, -0.1) is 0 Å². The molecule has 4 nitrogen and oxygen atoms in total. The van der Waals surface area contributed by atoms with Crippen LogP contribution in [0, 0.1) is 0 Å². The van der Waals surface area contributed by atoms with E-state index in [-0.39, 0.29) is 6.61 Å². The molecule has 1 rings (SSSR count). The molecule has 0 fully saturated rings. The molecule has 0 radical (unpaired) electrons. The van der Waals surface area contributed by atoms with Crippen molar-refractivity contribution < 1.29 is 9.84 Å². The van der Waals surface area contributed by atoms with E-state index in [2.05, 4.69) is 26.2 Å². The predicted octanol–water partition coefficient (Wildman–Crippen LogP) is 1.26. The Morgan fingerprint density at radius 2 is 2.29 bits per heavy atom. The van der Waals surface area contributed by atoms with E-state index in [0.29, 0.717) is 19.8 Å². The minimum Gasteiger partial charge on any atom is -0.394 e. The lowest BCUT2D eigenvalue weighted by atomic mass is 10.4. The van der Waals surface area contributed by atoms with Gasteiger partial charge in [-0.2, -0.15) is 0 Å². The van der Waals surface area contributed by atoms with Gasteiger partial charge in [0.15, 0.2) is 0 Å².